The van der Waals surface area contributed by atoms with Crippen molar-refractivity contribution in [2.45, 2.75) is 39.5 Å². The Hall–Kier alpha value is -4.58. The average molecular weight is 768 g/mol. The molecule has 6 nitrogen and oxygen atoms in total. The molecule has 0 unspecified atom stereocenters. The smallest absolute Gasteiger partial charge is 0.477 e. The fourth-order valence-electron chi connectivity index (χ4n) is 5.38. The number of imidazole rings is 1. The fraction of sp³-hybridized carbons (Fsp3) is 0.158. The second-order valence-corrected chi connectivity index (χ2v) is 11.1. The Morgan fingerprint density at radius 1 is 0.622 bits per heavy atom. The number of rotatable bonds is 6. The van der Waals surface area contributed by atoms with Gasteiger partial charge in [-0.25, -0.2) is 9.97 Å². The molecule has 45 heavy (non-hydrogen) atoms. The van der Waals surface area contributed by atoms with Crippen molar-refractivity contribution in [3.8, 4) is 17.1 Å². The molecule has 0 amide bonds. The predicted octanol–water partition coefficient (Wildman–Crippen LogP) is 9.27. The van der Waals surface area contributed by atoms with Crippen molar-refractivity contribution in [2.24, 2.45) is 0 Å². The predicted molar refractivity (Wildman–Crippen MR) is 178 cm³/mol. The van der Waals surface area contributed by atoms with Gasteiger partial charge in [0.1, 0.15) is 11.6 Å². The molecule has 7 rings (SSSR count). The quantitative estimate of drug-likeness (QED) is 0.158. The van der Waals surface area contributed by atoms with Gasteiger partial charge < -0.3 is 14.4 Å². The summed E-state index contributed by atoms with van der Waals surface area (Å²) in [6.07, 6.45) is 7.35. The molecule has 2 aromatic heterocycles. The fourth-order valence-corrected chi connectivity index (χ4v) is 5.38. The molecule has 0 fully saturated rings. The first-order chi connectivity index (χ1) is 21.5. The van der Waals surface area contributed by atoms with Crippen molar-refractivity contribution in [2.75, 3.05) is 9.80 Å². The topological polar surface area (TPSA) is 50.1 Å². The van der Waals surface area contributed by atoms with Gasteiger partial charge in [-0.15, -0.1) is 48.3 Å². The first kappa shape index (κ1) is 31.8. The van der Waals surface area contributed by atoms with Crippen molar-refractivity contribution in [1.29, 1.82) is 0 Å². The Morgan fingerprint density at radius 3 is 1.84 bits per heavy atom. The summed E-state index contributed by atoms with van der Waals surface area (Å²) in [4.78, 5) is 17.6. The summed E-state index contributed by atoms with van der Waals surface area (Å²) < 4.78 is 2.22. The van der Waals surface area contributed by atoms with Crippen molar-refractivity contribution in [3.05, 3.63) is 152 Å². The number of nitrogens with zero attached hydrogens (tertiary/aromatic N) is 6. The van der Waals surface area contributed by atoms with E-state index in [9.17, 15) is 0 Å². The molecule has 0 spiro atoms. The zero-order valence-corrected chi connectivity index (χ0v) is 28.2. The Bertz CT molecular complexity index is 1710. The van der Waals surface area contributed by atoms with Gasteiger partial charge in [0.2, 0.25) is 0 Å². The van der Waals surface area contributed by atoms with Gasteiger partial charge in [0, 0.05) is 36.2 Å². The monoisotopic (exact) mass is 768 g/mol. The van der Waals surface area contributed by atoms with Gasteiger partial charge in [-0.1, -0.05) is 64.1 Å². The van der Waals surface area contributed by atoms with Crippen molar-refractivity contribution < 1.29 is 20.1 Å². The molecule has 0 atom stereocenters. The minimum absolute atomic E-state index is 0. The average Bonchev–Trinajstić information content (AvgIpc) is 3.72. The van der Waals surface area contributed by atoms with Crippen LogP contribution in [0.3, 0.4) is 0 Å². The molecule has 7 heteroatoms. The molecule has 1 aliphatic rings. The van der Waals surface area contributed by atoms with Gasteiger partial charge in [0.05, 0.1) is 5.82 Å². The molecular formula is C38H35IrN6. The number of benzene rings is 4. The SMILES string of the molecule is CC(C)c1cccc(C(C)C)c1-n1ccnc1-c1[c-]cccc1.[Ir+3].[c-]1ccccc1N1[CH-]N(c2ccccc2)c2nccnc21. The second kappa shape index (κ2) is 14.5. The molecule has 3 heterocycles. The maximum atomic E-state index is 4.60. The molecule has 0 saturated heterocycles. The summed E-state index contributed by atoms with van der Waals surface area (Å²) in [5.41, 5.74) is 6.99. The summed E-state index contributed by atoms with van der Waals surface area (Å²) in [6.45, 7) is 11.0. The van der Waals surface area contributed by atoms with Gasteiger partial charge in [-0.2, -0.15) is 30.3 Å². The Kier molecular flexibility index (Phi) is 10.2. The molecule has 0 aliphatic carbocycles. The van der Waals surface area contributed by atoms with E-state index in [-0.39, 0.29) is 20.1 Å². The molecular weight excluding hydrogens is 733 g/mol. The van der Waals surface area contributed by atoms with E-state index in [1.165, 1.54) is 16.8 Å². The van der Waals surface area contributed by atoms with Gasteiger partial charge in [0.15, 0.2) is 0 Å². The third-order valence-corrected chi connectivity index (χ3v) is 7.51. The summed E-state index contributed by atoms with van der Waals surface area (Å²) >= 11 is 0. The summed E-state index contributed by atoms with van der Waals surface area (Å²) in [5.74, 6) is 3.49. The van der Waals surface area contributed by atoms with Crippen LogP contribution in [0, 0.1) is 18.8 Å². The number of hydrogen-bond donors (Lipinski definition) is 0. The number of hydrogen-bond acceptors (Lipinski definition) is 5. The molecule has 4 aromatic carbocycles. The van der Waals surface area contributed by atoms with Crippen LogP contribution in [0.15, 0.2) is 122 Å². The summed E-state index contributed by atoms with van der Waals surface area (Å²) in [5, 5.41) is 0. The number of aromatic nitrogens is 4. The number of anilines is 4. The molecule has 0 bridgehead atoms. The third kappa shape index (κ3) is 6.75. The van der Waals surface area contributed by atoms with E-state index in [4.69, 9.17) is 0 Å². The zero-order chi connectivity index (χ0) is 30.5. The van der Waals surface area contributed by atoms with Crippen LogP contribution in [-0.2, 0) is 20.1 Å². The van der Waals surface area contributed by atoms with E-state index in [0.29, 0.717) is 11.8 Å². The van der Waals surface area contributed by atoms with Gasteiger partial charge >= 0.3 is 20.1 Å². The van der Waals surface area contributed by atoms with Crippen LogP contribution in [0.2, 0.25) is 0 Å². The number of para-hydroxylation sites is 3. The molecule has 0 saturated carbocycles. The van der Waals surface area contributed by atoms with Crippen LogP contribution >= 0.6 is 0 Å². The van der Waals surface area contributed by atoms with E-state index < -0.39 is 0 Å². The summed E-state index contributed by atoms with van der Waals surface area (Å²) in [7, 11) is 0. The first-order valence-corrected chi connectivity index (χ1v) is 14.9. The maximum Gasteiger partial charge on any atom is 3.00 e. The van der Waals surface area contributed by atoms with Crippen LogP contribution in [0.1, 0.15) is 50.7 Å². The van der Waals surface area contributed by atoms with Gasteiger partial charge in [-0.05, 0) is 35.1 Å². The van der Waals surface area contributed by atoms with Crippen LogP contribution in [0.25, 0.3) is 17.1 Å². The van der Waals surface area contributed by atoms with Crippen LogP contribution < -0.4 is 9.80 Å². The van der Waals surface area contributed by atoms with Crippen molar-refractivity contribution in [3.63, 3.8) is 0 Å². The normalized spacial score (nSPS) is 12.0. The number of fused-ring (bicyclic) bond motifs is 1. The standard InChI is InChI=1S/C21H23N2.C17H12N4.Ir/c1-15(2)18-11-8-12-19(16(3)4)20(18)23-14-13-22-21(23)17-9-6-5-7-10-17;1-3-7-14(8-4-1)20-13-21(15-9-5-2-6-10-15)17-16(20)18-11-12-19-17;/h5-9,11-16H,1-4H3;1-9,11-13H;/q-1;-2;+3. The minimum atomic E-state index is 0. The van der Waals surface area contributed by atoms with E-state index >= 15 is 0 Å². The second-order valence-electron chi connectivity index (χ2n) is 11.1. The Labute approximate surface area is 279 Å². The van der Waals surface area contributed by atoms with E-state index in [1.807, 2.05) is 95.5 Å². The van der Waals surface area contributed by atoms with E-state index in [0.717, 1.165) is 34.4 Å². The largest absolute Gasteiger partial charge is 3.00 e. The van der Waals surface area contributed by atoms with Crippen molar-refractivity contribution in [1.82, 2.24) is 19.5 Å². The molecule has 0 radical (unpaired) electrons. The molecule has 1 aliphatic heterocycles. The third-order valence-electron chi connectivity index (χ3n) is 7.51. The minimum Gasteiger partial charge on any atom is -0.477 e. The van der Waals surface area contributed by atoms with E-state index in [2.05, 4.69) is 89.8 Å². The van der Waals surface area contributed by atoms with Gasteiger partial charge in [0.25, 0.3) is 0 Å². The molecule has 0 N–H and O–H groups in total. The van der Waals surface area contributed by atoms with Crippen LogP contribution in [0.4, 0.5) is 23.0 Å². The first-order valence-electron chi connectivity index (χ1n) is 14.9. The van der Waals surface area contributed by atoms with Crippen molar-refractivity contribution >= 4 is 23.0 Å². The summed E-state index contributed by atoms with van der Waals surface area (Å²) in [6, 6.07) is 39.1. The van der Waals surface area contributed by atoms with Crippen LogP contribution in [-0.4, -0.2) is 19.5 Å². The van der Waals surface area contributed by atoms with Gasteiger partial charge in [-0.3, -0.25) is 4.98 Å². The maximum absolute atomic E-state index is 4.60. The molecule has 226 valence electrons. The molecule has 6 aromatic rings. The van der Waals surface area contributed by atoms with E-state index in [1.54, 1.807) is 12.4 Å². The zero-order valence-electron chi connectivity index (χ0n) is 25.8. The Balaban J connectivity index is 0.000000174. The van der Waals surface area contributed by atoms with Crippen LogP contribution in [0.5, 0.6) is 0 Å². The Morgan fingerprint density at radius 2 is 1.24 bits per heavy atom.